The number of amides is 1. The van der Waals surface area contributed by atoms with E-state index in [0.29, 0.717) is 11.9 Å². The van der Waals surface area contributed by atoms with Crippen LogP contribution < -0.4 is 10.2 Å². The van der Waals surface area contributed by atoms with E-state index < -0.39 is 0 Å². The van der Waals surface area contributed by atoms with E-state index >= 15 is 0 Å². The Morgan fingerprint density at radius 3 is 2.55 bits per heavy atom. The van der Waals surface area contributed by atoms with E-state index in [0.717, 1.165) is 65.1 Å². The van der Waals surface area contributed by atoms with E-state index in [1.54, 1.807) is 13.3 Å². The van der Waals surface area contributed by atoms with Crippen LogP contribution in [0.1, 0.15) is 63.6 Å². The molecule has 2 aromatic carbocycles. The maximum atomic E-state index is 13.5. The number of carbonyl (C=O) groups excluding carboxylic acids is 1. The SMILES string of the molecule is COC(C)(C)CCN(c1ccc(-c2ccccc2-c2nnn[nH]2)cc1NC(=O)Cc1ccc(C)nc1)C1CCCCC1. The fraction of sp³-hybridized carbons (Fsp3) is 0.424. The summed E-state index contributed by atoms with van der Waals surface area (Å²) >= 11 is 0. The Morgan fingerprint density at radius 1 is 1.07 bits per heavy atom. The number of nitrogens with one attached hydrogen (secondary N) is 2. The number of H-pyrrole nitrogens is 1. The number of hydrogen-bond acceptors (Lipinski definition) is 7. The molecule has 0 atom stereocenters. The number of anilines is 2. The van der Waals surface area contributed by atoms with Crippen LogP contribution in [0.15, 0.2) is 60.8 Å². The normalized spacial score (nSPS) is 14.1. The third kappa shape index (κ3) is 7.20. The van der Waals surface area contributed by atoms with Gasteiger partial charge in [-0.25, -0.2) is 5.10 Å². The second kappa shape index (κ2) is 13.2. The molecule has 9 nitrogen and oxygen atoms in total. The first-order valence-corrected chi connectivity index (χ1v) is 14.8. The number of benzene rings is 2. The summed E-state index contributed by atoms with van der Waals surface area (Å²) in [5, 5.41) is 17.9. The molecule has 42 heavy (non-hydrogen) atoms. The van der Waals surface area contributed by atoms with Crippen LogP contribution in [0, 0.1) is 6.92 Å². The molecule has 0 bridgehead atoms. The van der Waals surface area contributed by atoms with Crippen molar-refractivity contribution in [2.45, 2.75) is 77.4 Å². The summed E-state index contributed by atoms with van der Waals surface area (Å²) in [6, 6.07) is 18.7. The highest BCUT2D eigenvalue weighted by Gasteiger charge is 2.27. The number of rotatable bonds is 11. The highest BCUT2D eigenvalue weighted by molar-refractivity contribution is 5.97. The van der Waals surface area contributed by atoms with Gasteiger partial charge < -0.3 is 15.0 Å². The second-order valence-corrected chi connectivity index (χ2v) is 11.8. The van der Waals surface area contributed by atoms with E-state index in [2.05, 4.69) is 73.9 Å². The predicted octanol–water partition coefficient (Wildman–Crippen LogP) is 6.37. The van der Waals surface area contributed by atoms with Crippen molar-refractivity contribution in [2.24, 2.45) is 0 Å². The molecular formula is C33H41N7O2. The van der Waals surface area contributed by atoms with Crippen molar-refractivity contribution in [3.63, 3.8) is 0 Å². The lowest BCUT2D eigenvalue weighted by Crippen LogP contribution is -2.41. The molecule has 1 aliphatic carbocycles. The van der Waals surface area contributed by atoms with Gasteiger partial charge in [0, 0.05) is 37.2 Å². The maximum Gasteiger partial charge on any atom is 0.228 e. The molecule has 2 aromatic heterocycles. The Balaban J connectivity index is 1.54. The smallest absolute Gasteiger partial charge is 0.228 e. The van der Waals surface area contributed by atoms with Crippen LogP contribution in [0.3, 0.4) is 0 Å². The van der Waals surface area contributed by atoms with Crippen molar-refractivity contribution < 1.29 is 9.53 Å². The first-order valence-electron chi connectivity index (χ1n) is 14.8. The summed E-state index contributed by atoms with van der Waals surface area (Å²) < 4.78 is 5.78. The number of methoxy groups -OCH3 is 1. The van der Waals surface area contributed by atoms with Gasteiger partial charge in [-0.05, 0) is 85.3 Å². The van der Waals surface area contributed by atoms with Gasteiger partial charge in [-0.1, -0.05) is 55.7 Å². The summed E-state index contributed by atoms with van der Waals surface area (Å²) in [6.07, 6.45) is 8.87. The quantitative estimate of drug-likeness (QED) is 0.217. The molecule has 1 aliphatic rings. The van der Waals surface area contributed by atoms with Crippen molar-refractivity contribution in [2.75, 3.05) is 23.9 Å². The van der Waals surface area contributed by atoms with Crippen LogP contribution >= 0.6 is 0 Å². The number of carbonyl (C=O) groups is 1. The van der Waals surface area contributed by atoms with Gasteiger partial charge in [0.25, 0.3) is 0 Å². The molecule has 1 amide bonds. The molecule has 220 valence electrons. The summed E-state index contributed by atoms with van der Waals surface area (Å²) in [7, 11) is 1.77. The van der Waals surface area contributed by atoms with Gasteiger partial charge in [0.2, 0.25) is 5.91 Å². The zero-order chi connectivity index (χ0) is 29.5. The minimum Gasteiger partial charge on any atom is -0.379 e. The van der Waals surface area contributed by atoms with Gasteiger partial charge in [-0.15, -0.1) is 5.10 Å². The number of ether oxygens (including phenoxy) is 1. The standard InChI is InChI=1S/C33H41N7O2/c1-23-14-15-24(22-34-23)20-31(41)35-29-21-25(27-12-8-9-13-28(27)32-36-38-39-37-32)16-17-30(29)40(19-18-33(2,3)42-4)26-10-6-5-7-11-26/h8-9,12-17,21-22,26H,5-7,10-11,18-20H2,1-4H3,(H,35,41)(H,36,37,38,39). The fourth-order valence-electron chi connectivity index (χ4n) is 5.64. The Hall–Kier alpha value is -4.11. The van der Waals surface area contributed by atoms with Gasteiger partial charge in [0.1, 0.15) is 0 Å². The molecule has 0 radical (unpaired) electrons. The molecule has 0 saturated heterocycles. The van der Waals surface area contributed by atoms with E-state index in [1.165, 1.54) is 19.3 Å². The molecule has 2 heterocycles. The topological polar surface area (TPSA) is 109 Å². The van der Waals surface area contributed by atoms with E-state index in [4.69, 9.17) is 4.74 Å². The molecule has 1 fully saturated rings. The molecule has 2 N–H and O–H groups in total. The number of nitrogens with zero attached hydrogens (tertiary/aromatic N) is 5. The average molecular weight is 568 g/mol. The van der Waals surface area contributed by atoms with Crippen LogP contribution in [-0.4, -0.2) is 56.8 Å². The van der Waals surface area contributed by atoms with Crippen LogP contribution in [0.5, 0.6) is 0 Å². The second-order valence-electron chi connectivity index (χ2n) is 11.8. The van der Waals surface area contributed by atoms with Crippen molar-refractivity contribution in [1.29, 1.82) is 0 Å². The molecule has 9 heteroatoms. The van der Waals surface area contributed by atoms with Crippen molar-refractivity contribution in [3.05, 3.63) is 72.1 Å². The Kier molecular flexibility index (Phi) is 9.27. The Labute approximate surface area is 248 Å². The fourth-order valence-corrected chi connectivity index (χ4v) is 5.64. The van der Waals surface area contributed by atoms with E-state index in [1.807, 2.05) is 37.3 Å². The van der Waals surface area contributed by atoms with Crippen LogP contribution in [0.2, 0.25) is 0 Å². The number of hydrogen-bond donors (Lipinski definition) is 2. The predicted molar refractivity (Wildman–Crippen MR) is 166 cm³/mol. The molecule has 0 aliphatic heterocycles. The van der Waals surface area contributed by atoms with Crippen LogP contribution in [0.4, 0.5) is 11.4 Å². The number of tetrazole rings is 1. The number of pyridine rings is 1. The van der Waals surface area contributed by atoms with Gasteiger partial charge in [0.15, 0.2) is 5.82 Å². The van der Waals surface area contributed by atoms with Gasteiger partial charge in [-0.2, -0.15) is 0 Å². The van der Waals surface area contributed by atoms with Crippen LogP contribution in [-0.2, 0) is 16.0 Å². The zero-order valence-corrected chi connectivity index (χ0v) is 25.1. The number of aromatic nitrogens is 5. The van der Waals surface area contributed by atoms with Gasteiger partial charge in [0.05, 0.1) is 23.4 Å². The molecule has 0 spiro atoms. The monoisotopic (exact) mass is 567 g/mol. The van der Waals surface area contributed by atoms with Gasteiger partial charge >= 0.3 is 0 Å². The minimum absolute atomic E-state index is 0.0763. The lowest BCUT2D eigenvalue weighted by molar-refractivity contribution is -0.115. The summed E-state index contributed by atoms with van der Waals surface area (Å²) in [5.74, 6) is 0.519. The molecule has 5 rings (SSSR count). The largest absolute Gasteiger partial charge is 0.379 e. The summed E-state index contributed by atoms with van der Waals surface area (Å²) in [4.78, 5) is 20.3. The Bertz CT molecular complexity index is 1460. The molecular weight excluding hydrogens is 526 g/mol. The molecule has 4 aromatic rings. The third-order valence-corrected chi connectivity index (χ3v) is 8.28. The Morgan fingerprint density at radius 2 is 1.86 bits per heavy atom. The van der Waals surface area contributed by atoms with Crippen molar-refractivity contribution >= 4 is 17.3 Å². The van der Waals surface area contributed by atoms with Crippen molar-refractivity contribution in [3.8, 4) is 22.5 Å². The number of aryl methyl sites for hydroxylation is 1. The van der Waals surface area contributed by atoms with Crippen LogP contribution in [0.25, 0.3) is 22.5 Å². The first kappa shape index (κ1) is 29.4. The van der Waals surface area contributed by atoms with E-state index in [9.17, 15) is 4.79 Å². The molecule has 1 saturated carbocycles. The summed E-state index contributed by atoms with van der Waals surface area (Å²) in [5.41, 5.74) is 6.23. The number of aromatic amines is 1. The highest BCUT2D eigenvalue weighted by Crippen LogP contribution is 2.38. The minimum atomic E-state index is -0.251. The lowest BCUT2D eigenvalue weighted by Gasteiger charge is -2.39. The first-order chi connectivity index (χ1) is 20.3. The average Bonchev–Trinajstić information content (AvgIpc) is 3.55. The lowest BCUT2D eigenvalue weighted by atomic mass is 9.92. The highest BCUT2D eigenvalue weighted by atomic mass is 16.5. The van der Waals surface area contributed by atoms with E-state index in [-0.39, 0.29) is 17.9 Å². The summed E-state index contributed by atoms with van der Waals surface area (Å²) in [6.45, 7) is 7.03. The van der Waals surface area contributed by atoms with Crippen molar-refractivity contribution in [1.82, 2.24) is 25.6 Å². The van der Waals surface area contributed by atoms with Gasteiger partial charge in [-0.3, -0.25) is 9.78 Å². The maximum absolute atomic E-state index is 13.5. The zero-order valence-electron chi connectivity index (χ0n) is 25.1. The molecule has 0 unspecified atom stereocenters. The third-order valence-electron chi connectivity index (χ3n) is 8.28.